The van der Waals surface area contributed by atoms with Gasteiger partial charge < -0.3 is 4.74 Å². The molecule has 6 heteroatoms. The van der Waals surface area contributed by atoms with Crippen LogP contribution in [0.1, 0.15) is 23.7 Å². The molecular formula is C11H11BrF4O. The summed E-state index contributed by atoms with van der Waals surface area (Å²) in [5.41, 5.74) is 0.704. The minimum atomic E-state index is -4.47. The van der Waals surface area contributed by atoms with Gasteiger partial charge in [0.15, 0.2) is 0 Å². The average molecular weight is 315 g/mol. The topological polar surface area (TPSA) is 9.23 Å². The zero-order valence-electron chi connectivity index (χ0n) is 8.97. The highest BCUT2D eigenvalue weighted by atomic mass is 79.9. The van der Waals surface area contributed by atoms with Crippen LogP contribution in [0.2, 0.25) is 0 Å². The lowest BCUT2D eigenvalue weighted by molar-refractivity contribution is -0.253. The van der Waals surface area contributed by atoms with Crippen LogP contribution >= 0.6 is 15.9 Å². The Labute approximate surface area is 105 Å². The number of rotatable bonds is 5. The maximum absolute atomic E-state index is 12.7. The van der Waals surface area contributed by atoms with Crippen molar-refractivity contribution in [3.8, 4) is 5.75 Å². The Morgan fingerprint density at radius 3 is 2.53 bits per heavy atom. The number of hydrogen-bond donors (Lipinski definition) is 0. The van der Waals surface area contributed by atoms with Gasteiger partial charge in [-0.25, -0.2) is 0 Å². The fourth-order valence-electron chi connectivity index (χ4n) is 1.21. The fourth-order valence-corrected chi connectivity index (χ4v) is 1.50. The number of ether oxygens (including phenoxy) is 1. The molecule has 1 atom stereocenters. The van der Waals surface area contributed by atoms with Gasteiger partial charge in [0.1, 0.15) is 5.75 Å². The quantitative estimate of drug-likeness (QED) is 0.562. The van der Waals surface area contributed by atoms with Gasteiger partial charge >= 0.3 is 12.5 Å². The average Bonchev–Trinajstić information content (AvgIpc) is 2.27. The molecule has 0 amide bonds. The maximum atomic E-state index is 12.7. The molecule has 0 fully saturated rings. The van der Waals surface area contributed by atoms with Gasteiger partial charge in [-0.15, -0.1) is 0 Å². The number of alkyl halides is 5. The van der Waals surface area contributed by atoms with Crippen molar-refractivity contribution in [2.75, 3.05) is 0 Å². The molecule has 0 aliphatic rings. The zero-order valence-corrected chi connectivity index (χ0v) is 10.6. The summed E-state index contributed by atoms with van der Waals surface area (Å²) in [5.74, 6) is -0.272. The van der Waals surface area contributed by atoms with Gasteiger partial charge in [-0.2, -0.15) is 17.6 Å². The molecule has 1 unspecified atom stereocenters. The molecule has 0 heterocycles. The van der Waals surface area contributed by atoms with E-state index in [1.807, 2.05) is 6.92 Å². The van der Waals surface area contributed by atoms with Crippen molar-refractivity contribution in [2.45, 2.75) is 30.7 Å². The number of hydrogen-bond acceptors (Lipinski definition) is 1. The van der Waals surface area contributed by atoms with Gasteiger partial charge in [0.05, 0.1) is 0 Å². The van der Waals surface area contributed by atoms with Crippen molar-refractivity contribution in [2.24, 2.45) is 0 Å². The van der Waals surface area contributed by atoms with Crippen molar-refractivity contribution < 1.29 is 22.3 Å². The molecule has 0 saturated heterocycles. The van der Waals surface area contributed by atoms with Crippen LogP contribution < -0.4 is 4.74 Å². The van der Waals surface area contributed by atoms with Crippen LogP contribution in [0, 0.1) is 0 Å². The molecule has 0 aromatic heterocycles. The van der Waals surface area contributed by atoms with Crippen LogP contribution in [-0.2, 0) is 0 Å². The minimum Gasteiger partial charge on any atom is -0.428 e. The monoisotopic (exact) mass is 314 g/mol. The summed E-state index contributed by atoms with van der Waals surface area (Å²) in [6.07, 6.45) is -7.57. The van der Waals surface area contributed by atoms with Crippen LogP contribution in [-0.4, -0.2) is 12.5 Å². The largest absolute Gasteiger partial charge is 0.461 e. The first kappa shape index (κ1) is 14.3. The molecule has 1 aromatic carbocycles. The Hall–Kier alpha value is -0.780. The van der Waals surface area contributed by atoms with Gasteiger partial charge in [-0.05, 0) is 24.1 Å². The van der Waals surface area contributed by atoms with Crippen LogP contribution in [0.3, 0.4) is 0 Å². The molecule has 0 bridgehead atoms. The van der Waals surface area contributed by atoms with Gasteiger partial charge in [-0.3, -0.25) is 0 Å². The van der Waals surface area contributed by atoms with E-state index in [4.69, 9.17) is 0 Å². The lowest BCUT2D eigenvalue weighted by Gasteiger charge is -2.17. The Morgan fingerprint density at radius 1 is 1.35 bits per heavy atom. The number of benzene rings is 1. The summed E-state index contributed by atoms with van der Waals surface area (Å²) in [5, 5.41) is 0. The van der Waals surface area contributed by atoms with Gasteiger partial charge in [0.2, 0.25) is 0 Å². The van der Waals surface area contributed by atoms with E-state index < -0.39 is 12.5 Å². The van der Waals surface area contributed by atoms with E-state index in [1.165, 1.54) is 18.2 Å². The van der Waals surface area contributed by atoms with E-state index in [-0.39, 0.29) is 10.6 Å². The Bertz CT molecular complexity index is 370. The third-order valence-corrected chi connectivity index (χ3v) is 3.26. The number of halogens is 5. The first-order valence-corrected chi connectivity index (χ1v) is 5.87. The van der Waals surface area contributed by atoms with E-state index in [1.54, 1.807) is 6.07 Å². The van der Waals surface area contributed by atoms with Crippen LogP contribution in [0.4, 0.5) is 17.6 Å². The Kier molecular flexibility index (Phi) is 4.80. The molecule has 0 radical (unpaired) electrons. The molecule has 1 nitrogen and oxygen atoms in total. The highest BCUT2D eigenvalue weighted by Gasteiger charge is 2.43. The van der Waals surface area contributed by atoms with Gasteiger partial charge in [-0.1, -0.05) is 35.0 Å². The van der Waals surface area contributed by atoms with E-state index in [9.17, 15) is 17.6 Å². The second-order valence-electron chi connectivity index (χ2n) is 3.41. The smallest absolute Gasteiger partial charge is 0.428 e. The lowest BCUT2D eigenvalue weighted by Crippen LogP contribution is -2.33. The first-order valence-electron chi connectivity index (χ1n) is 4.95. The fraction of sp³-hybridized carbons (Fsp3) is 0.455. The molecule has 1 rings (SSSR count). The third-order valence-electron chi connectivity index (χ3n) is 2.09. The first-order chi connectivity index (χ1) is 7.86. The Morgan fingerprint density at radius 2 is 2.00 bits per heavy atom. The molecular weight excluding hydrogens is 304 g/mol. The van der Waals surface area contributed by atoms with Gasteiger partial charge in [0, 0.05) is 4.83 Å². The van der Waals surface area contributed by atoms with Crippen molar-refractivity contribution >= 4 is 15.9 Å². The predicted octanol–water partition coefficient (Wildman–Crippen LogP) is 4.77. The van der Waals surface area contributed by atoms with E-state index in [2.05, 4.69) is 20.7 Å². The normalized spacial score (nSPS) is 13.8. The van der Waals surface area contributed by atoms with E-state index in [0.717, 1.165) is 6.42 Å². The molecule has 0 spiro atoms. The zero-order chi connectivity index (χ0) is 13.1. The van der Waals surface area contributed by atoms with Crippen molar-refractivity contribution in [1.82, 2.24) is 0 Å². The predicted molar refractivity (Wildman–Crippen MR) is 60.0 cm³/mol. The van der Waals surface area contributed by atoms with Crippen LogP contribution in [0.5, 0.6) is 5.75 Å². The summed E-state index contributed by atoms with van der Waals surface area (Å²) in [6, 6.07) is 5.72. The lowest BCUT2D eigenvalue weighted by atomic mass is 10.1. The van der Waals surface area contributed by atoms with Crippen molar-refractivity contribution in [3.05, 3.63) is 29.8 Å². The molecule has 0 N–H and O–H groups in total. The molecule has 0 aliphatic heterocycles. The maximum Gasteiger partial charge on any atom is 0.461 e. The highest BCUT2D eigenvalue weighted by molar-refractivity contribution is 9.09. The molecule has 1 aromatic rings. The standard InChI is InChI=1S/C11H11BrF4O/c1-2-9(12)7-4-3-5-8(6-7)17-11(15,16)10(13)14/h3-6,9-10H,2H2,1H3. The molecule has 17 heavy (non-hydrogen) atoms. The third kappa shape index (κ3) is 3.87. The van der Waals surface area contributed by atoms with Gasteiger partial charge in [0.25, 0.3) is 0 Å². The summed E-state index contributed by atoms with van der Waals surface area (Å²) in [7, 11) is 0. The van der Waals surface area contributed by atoms with Crippen LogP contribution in [0.25, 0.3) is 0 Å². The van der Waals surface area contributed by atoms with E-state index in [0.29, 0.717) is 5.56 Å². The van der Waals surface area contributed by atoms with E-state index >= 15 is 0 Å². The van der Waals surface area contributed by atoms with Crippen molar-refractivity contribution in [3.63, 3.8) is 0 Å². The summed E-state index contributed by atoms with van der Waals surface area (Å²) >= 11 is 3.34. The molecule has 0 aliphatic carbocycles. The second kappa shape index (κ2) is 5.71. The highest BCUT2D eigenvalue weighted by Crippen LogP contribution is 2.32. The SMILES string of the molecule is CCC(Br)c1cccc(OC(F)(F)C(F)F)c1. The second-order valence-corrected chi connectivity index (χ2v) is 4.52. The summed E-state index contributed by atoms with van der Waals surface area (Å²) in [4.78, 5) is -0.0220. The molecule has 0 saturated carbocycles. The van der Waals surface area contributed by atoms with Crippen molar-refractivity contribution in [1.29, 1.82) is 0 Å². The summed E-state index contributed by atoms with van der Waals surface area (Å²) < 4.78 is 53.2. The minimum absolute atomic E-state index is 0.0220. The summed E-state index contributed by atoms with van der Waals surface area (Å²) in [6.45, 7) is 1.90. The Balaban J connectivity index is 2.86. The van der Waals surface area contributed by atoms with Crippen LogP contribution in [0.15, 0.2) is 24.3 Å². The molecule has 96 valence electrons.